The summed E-state index contributed by atoms with van der Waals surface area (Å²) in [5.41, 5.74) is 13.5. The van der Waals surface area contributed by atoms with Crippen molar-refractivity contribution in [2.24, 2.45) is 0 Å². The summed E-state index contributed by atoms with van der Waals surface area (Å²) in [7, 11) is 0. The number of fused-ring (bicyclic) bond motifs is 10. The van der Waals surface area contributed by atoms with E-state index >= 15 is 0 Å². The molecule has 11 aromatic rings. The summed E-state index contributed by atoms with van der Waals surface area (Å²) in [6.07, 6.45) is 0. The Hall–Kier alpha value is -6.84. The van der Waals surface area contributed by atoms with Crippen LogP contribution in [-0.2, 0) is 0 Å². The molecule has 0 aliphatic carbocycles. The van der Waals surface area contributed by atoms with Crippen LogP contribution in [0.15, 0.2) is 186 Å². The van der Waals surface area contributed by atoms with E-state index in [-0.39, 0.29) is 0 Å². The van der Waals surface area contributed by atoms with E-state index in [9.17, 15) is 0 Å². The van der Waals surface area contributed by atoms with Crippen LogP contribution < -0.4 is 0 Å². The summed E-state index contributed by atoms with van der Waals surface area (Å²) in [5.74, 6) is 0. The van der Waals surface area contributed by atoms with Gasteiger partial charge in [-0.25, -0.2) is 0 Å². The molecular weight excluding hydrogens is 621 g/mol. The Bertz CT molecular complexity index is 3070. The molecule has 8 aromatic carbocycles. The zero-order valence-electron chi connectivity index (χ0n) is 27.6. The van der Waals surface area contributed by atoms with Crippen LogP contribution in [0.2, 0.25) is 0 Å². The summed E-state index contributed by atoms with van der Waals surface area (Å²) < 4.78 is 11.3. The van der Waals surface area contributed by atoms with Gasteiger partial charge in [-0.1, -0.05) is 115 Å². The summed E-state index contributed by atoms with van der Waals surface area (Å²) in [4.78, 5) is 0. The van der Waals surface area contributed by atoms with E-state index in [1.165, 1.54) is 49.4 Å². The van der Waals surface area contributed by atoms with Crippen LogP contribution in [0.25, 0.3) is 99.2 Å². The molecule has 0 spiro atoms. The van der Waals surface area contributed by atoms with Crippen molar-refractivity contribution in [2.45, 2.75) is 0 Å². The molecule has 3 nitrogen and oxygen atoms in total. The third kappa shape index (κ3) is 4.19. The highest BCUT2D eigenvalue weighted by Gasteiger charge is 2.19. The van der Waals surface area contributed by atoms with Crippen LogP contribution in [0.1, 0.15) is 0 Å². The number of nitrogens with zero attached hydrogens (tertiary/aromatic N) is 2. The van der Waals surface area contributed by atoms with Crippen molar-refractivity contribution in [3.8, 4) is 33.6 Å². The molecule has 0 radical (unpaired) electrons. The van der Waals surface area contributed by atoms with Crippen LogP contribution in [0.5, 0.6) is 0 Å². The van der Waals surface area contributed by atoms with Crippen molar-refractivity contribution in [2.75, 3.05) is 0 Å². The second-order valence-corrected chi connectivity index (χ2v) is 13.3. The lowest BCUT2D eigenvalue weighted by molar-refractivity contribution is 0.673. The number of benzene rings is 8. The summed E-state index contributed by atoms with van der Waals surface area (Å²) in [6.45, 7) is 0. The fraction of sp³-hybridized carbons (Fsp3) is 0. The Balaban J connectivity index is 1.10. The smallest absolute Gasteiger partial charge is 0.145 e. The first-order chi connectivity index (χ1) is 25.3. The van der Waals surface area contributed by atoms with Crippen molar-refractivity contribution in [1.29, 1.82) is 0 Å². The van der Waals surface area contributed by atoms with Gasteiger partial charge >= 0.3 is 0 Å². The summed E-state index contributed by atoms with van der Waals surface area (Å²) in [5, 5.41) is 7.15. The number of furan rings is 1. The molecule has 0 saturated heterocycles. The number of rotatable bonds is 4. The predicted molar refractivity (Wildman–Crippen MR) is 213 cm³/mol. The van der Waals surface area contributed by atoms with Gasteiger partial charge in [0.05, 0.1) is 27.5 Å². The van der Waals surface area contributed by atoms with Crippen molar-refractivity contribution >= 4 is 65.6 Å². The first-order valence-electron chi connectivity index (χ1n) is 17.4. The van der Waals surface area contributed by atoms with Crippen molar-refractivity contribution < 1.29 is 4.42 Å². The summed E-state index contributed by atoms with van der Waals surface area (Å²) in [6, 6.07) is 65.5. The quantitative estimate of drug-likeness (QED) is 0.186. The Morgan fingerprint density at radius 3 is 1.53 bits per heavy atom. The lowest BCUT2D eigenvalue weighted by Gasteiger charge is -2.15. The van der Waals surface area contributed by atoms with Gasteiger partial charge in [-0.3, -0.25) is 0 Å². The zero-order valence-corrected chi connectivity index (χ0v) is 27.6. The van der Waals surface area contributed by atoms with Crippen LogP contribution in [0.3, 0.4) is 0 Å². The van der Waals surface area contributed by atoms with Gasteiger partial charge in [0.15, 0.2) is 0 Å². The molecular formula is C48H30N2O. The van der Waals surface area contributed by atoms with E-state index in [1.807, 2.05) is 6.07 Å². The molecule has 0 aliphatic rings. The van der Waals surface area contributed by atoms with E-state index in [2.05, 4.69) is 185 Å². The monoisotopic (exact) mass is 650 g/mol. The fourth-order valence-corrected chi connectivity index (χ4v) is 8.22. The number of hydrogen-bond acceptors (Lipinski definition) is 1. The topological polar surface area (TPSA) is 23.0 Å². The highest BCUT2D eigenvalue weighted by atomic mass is 16.3. The van der Waals surface area contributed by atoms with Gasteiger partial charge in [0.2, 0.25) is 0 Å². The SMILES string of the molecule is c1ccc(-c2cc(-c3ccc(-n4c5ccccc5c5c6oc7ccccc7c6ccc54)cc3)cc(-n3c4ccccc4c4ccccc43)c2)cc1. The van der Waals surface area contributed by atoms with Gasteiger partial charge in [-0.15, -0.1) is 0 Å². The van der Waals surface area contributed by atoms with Gasteiger partial charge in [0, 0.05) is 38.3 Å². The van der Waals surface area contributed by atoms with Gasteiger partial charge < -0.3 is 13.6 Å². The average molecular weight is 651 g/mol. The first kappa shape index (κ1) is 28.0. The van der Waals surface area contributed by atoms with Crippen LogP contribution >= 0.6 is 0 Å². The third-order valence-corrected chi connectivity index (χ3v) is 10.5. The molecule has 0 fully saturated rings. The Labute approximate surface area is 293 Å². The fourth-order valence-electron chi connectivity index (χ4n) is 8.22. The molecule has 0 unspecified atom stereocenters. The lowest BCUT2D eigenvalue weighted by Crippen LogP contribution is -1.96. The first-order valence-corrected chi connectivity index (χ1v) is 17.4. The molecule has 238 valence electrons. The lowest BCUT2D eigenvalue weighted by atomic mass is 9.97. The number of hydrogen-bond donors (Lipinski definition) is 0. The largest absolute Gasteiger partial charge is 0.455 e. The average Bonchev–Trinajstić information content (AvgIpc) is 3.86. The Morgan fingerprint density at radius 2 is 0.843 bits per heavy atom. The normalized spacial score (nSPS) is 11.9. The standard InChI is InChI=1S/C48H30N2O/c1-2-12-31(13-3-1)33-28-34(30-36(29-33)50-42-18-8-4-14-37(42)38-15-5-9-19-43(38)50)32-22-24-35(25-23-32)49-44-20-10-6-17-41(44)47-45(49)27-26-40-39-16-7-11-21-46(39)51-48(40)47/h1-30H. The molecule has 11 rings (SSSR count). The maximum absolute atomic E-state index is 6.53. The molecule has 3 heteroatoms. The minimum Gasteiger partial charge on any atom is -0.455 e. The molecule has 51 heavy (non-hydrogen) atoms. The second-order valence-electron chi connectivity index (χ2n) is 13.3. The van der Waals surface area contributed by atoms with Gasteiger partial charge in [-0.2, -0.15) is 0 Å². The van der Waals surface area contributed by atoms with Gasteiger partial charge in [0.1, 0.15) is 11.2 Å². The Morgan fingerprint density at radius 1 is 0.314 bits per heavy atom. The van der Waals surface area contributed by atoms with Crippen molar-refractivity contribution in [1.82, 2.24) is 9.13 Å². The molecule has 0 aliphatic heterocycles. The predicted octanol–water partition coefficient (Wildman–Crippen LogP) is 13.1. The minimum atomic E-state index is 0.916. The van der Waals surface area contributed by atoms with Gasteiger partial charge in [-0.05, 0) is 89.0 Å². The van der Waals surface area contributed by atoms with Crippen molar-refractivity contribution in [3.05, 3.63) is 182 Å². The van der Waals surface area contributed by atoms with Crippen LogP contribution in [0, 0.1) is 0 Å². The van der Waals surface area contributed by atoms with E-state index in [0.717, 1.165) is 49.7 Å². The summed E-state index contributed by atoms with van der Waals surface area (Å²) >= 11 is 0. The molecule has 0 saturated carbocycles. The Kier molecular flexibility index (Phi) is 5.96. The molecule has 3 heterocycles. The minimum absolute atomic E-state index is 0.916. The second kappa shape index (κ2) is 10.8. The maximum atomic E-state index is 6.53. The van der Waals surface area contributed by atoms with Crippen LogP contribution in [-0.4, -0.2) is 9.13 Å². The molecule has 0 N–H and O–H groups in total. The number of aromatic nitrogens is 2. The highest BCUT2D eigenvalue weighted by molar-refractivity contribution is 6.23. The van der Waals surface area contributed by atoms with E-state index in [0.29, 0.717) is 0 Å². The third-order valence-electron chi connectivity index (χ3n) is 10.5. The van der Waals surface area contributed by atoms with Gasteiger partial charge in [0.25, 0.3) is 0 Å². The highest BCUT2D eigenvalue weighted by Crippen LogP contribution is 2.41. The zero-order chi connectivity index (χ0) is 33.5. The van der Waals surface area contributed by atoms with E-state index in [1.54, 1.807) is 0 Å². The molecule has 0 amide bonds. The van der Waals surface area contributed by atoms with E-state index in [4.69, 9.17) is 4.42 Å². The maximum Gasteiger partial charge on any atom is 0.145 e. The molecule has 0 bridgehead atoms. The molecule has 0 atom stereocenters. The number of para-hydroxylation sites is 4. The van der Waals surface area contributed by atoms with E-state index < -0.39 is 0 Å². The van der Waals surface area contributed by atoms with Crippen LogP contribution in [0.4, 0.5) is 0 Å². The van der Waals surface area contributed by atoms with Crippen molar-refractivity contribution in [3.63, 3.8) is 0 Å². The molecule has 3 aromatic heterocycles.